The molecule has 4 rings (SSSR count). The van der Waals surface area contributed by atoms with Gasteiger partial charge in [-0.3, -0.25) is 4.57 Å². The van der Waals surface area contributed by atoms with E-state index < -0.39 is 23.2 Å². The van der Waals surface area contributed by atoms with Gasteiger partial charge in [-0.25, -0.2) is 14.3 Å². The summed E-state index contributed by atoms with van der Waals surface area (Å²) in [4.78, 5) is 16.8. The summed E-state index contributed by atoms with van der Waals surface area (Å²) in [5, 5.41) is 12.5. The number of nitrogens with one attached hydrogen (secondary N) is 1. The topological polar surface area (TPSA) is 72.1 Å². The molecule has 0 saturated heterocycles. The fourth-order valence-electron chi connectivity index (χ4n) is 3.40. The largest absolute Gasteiger partial charge is 0.504 e. The predicted octanol–water partition coefficient (Wildman–Crippen LogP) is 5.37. The van der Waals surface area contributed by atoms with Gasteiger partial charge in [0.1, 0.15) is 10.5 Å². The van der Waals surface area contributed by atoms with Crippen LogP contribution in [0.2, 0.25) is 10.2 Å². The molecule has 2 N–H and O–H groups in total. The first-order chi connectivity index (χ1) is 15.1. The molecule has 0 unspecified atom stereocenters. The van der Waals surface area contributed by atoms with E-state index in [0.29, 0.717) is 11.4 Å². The summed E-state index contributed by atoms with van der Waals surface area (Å²) >= 11 is 12.1. The number of rotatable bonds is 4. The molecule has 2 aromatic carbocycles. The molecule has 0 spiro atoms. The van der Waals surface area contributed by atoms with Gasteiger partial charge in [-0.05, 0) is 35.9 Å². The predicted molar refractivity (Wildman–Crippen MR) is 117 cm³/mol. The molecule has 0 atom stereocenters. The number of aryl methyl sites for hydroxylation is 1. The molecule has 11 heteroatoms. The SMILES string of the molecule is Cn1c(=O)n(-c2ccc(NCc3ccccc3C(F)(F)F)cc2)c2nc(Cl)c(O)c(Cl)c21. The van der Waals surface area contributed by atoms with Crippen LogP contribution in [0.4, 0.5) is 18.9 Å². The molecule has 6 nitrogen and oxygen atoms in total. The van der Waals surface area contributed by atoms with Gasteiger partial charge in [0.25, 0.3) is 0 Å². The molecule has 0 aliphatic rings. The third-order valence-corrected chi connectivity index (χ3v) is 5.61. The van der Waals surface area contributed by atoms with Crippen molar-refractivity contribution in [2.24, 2.45) is 7.05 Å². The highest BCUT2D eigenvalue weighted by atomic mass is 35.5. The number of hydrogen-bond donors (Lipinski definition) is 2. The van der Waals surface area contributed by atoms with Crippen LogP contribution in [0.15, 0.2) is 53.3 Å². The number of pyridine rings is 1. The van der Waals surface area contributed by atoms with Gasteiger partial charge < -0.3 is 10.4 Å². The Balaban J connectivity index is 1.66. The maximum absolute atomic E-state index is 13.2. The molecule has 0 bridgehead atoms. The van der Waals surface area contributed by atoms with Crippen molar-refractivity contribution in [2.45, 2.75) is 12.7 Å². The maximum atomic E-state index is 13.2. The Labute approximate surface area is 189 Å². The average Bonchev–Trinajstić information content (AvgIpc) is 3.00. The number of alkyl halides is 3. The van der Waals surface area contributed by atoms with E-state index in [0.717, 1.165) is 6.07 Å². The summed E-state index contributed by atoms with van der Waals surface area (Å²) in [5.41, 5.74) is 0.315. The van der Waals surface area contributed by atoms with Crippen molar-refractivity contribution in [2.75, 3.05) is 5.32 Å². The standard InChI is InChI=1S/C21H15Cl2F3N4O2/c1-29-16-15(22)17(31)18(23)28-19(16)30(20(29)32)13-8-6-12(7-9-13)27-10-11-4-2-3-5-14(11)21(24,25)26/h2-9,27,31H,10H2,1H3. The molecule has 166 valence electrons. The van der Waals surface area contributed by atoms with Crippen molar-refractivity contribution < 1.29 is 18.3 Å². The van der Waals surface area contributed by atoms with Crippen LogP contribution in [0.5, 0.6) is 5.75 Å². The zero-order valence-corrected chi connectivity index (χ0v) is 17.9. The van der Waals surface area contributed by atoms with Crippen LogP contribution in [-0.4, -0.2) is 19.2 Å². The molecule has 0 radical (unpaired) electrons. The van der Waals surface area contributed by atoms with E-state index in [2.05, 4.69) is 10.3 Å². The van der Waals surface area contributed by atoms with Crippen LogP contribution in [0.25, 0.3) is 16.9 Å². The molecular formula is C21H15Cl2F3N4O2. The molecule has 0 aliphatic heterocycles. The van der Waals surface area contributed by atoms with Crippen LogP contribution < -0.4 is 11.0 Å². The van der Waals surface area contributed by atoms with Crippen LogP contribution in [0, 0.1) is 0 Å². The van der Waals surface area contributed by atoms with Crippen molar-refractivity contribution in [1.82, 2.24) is 14.1 Å². The molecule has 32 heavy (non-hydrogen) atoms. The minimum atomic E-state index is -4.44. The van der Waals surface area contributed by atoms with Gasteiger partial charge >= 0.3 is 11.9 Å². The minimum absolute atomic E-state index is 0.0324. The summed E-state index contributed by atoms with van der Waals surface area (Å²) in [5.74, 6) is -0.424. The fourth-order valence-corrected chi connectivity index (χ4v) is 3.92. The summed E-state index contributed by atoms with van der Waals surface area (Å²) < 4.78 is 42.0. The first-order valence-corrected chi connectivity index (χ1v) is 10.00. The van der Waals surface area contributed by atoms with Crippen LogP contribution in [0.3, 0.4) is 0 Å². The number of anilines is 1. The summed E-state index contributed by atoms with van der Waals surface area (Å²) in [6.07, 6.45) is -4.44. The number of fused-ring (bicyclic) bond motifs is 1. The highest BCUT2D eigenvalue weighted by molar-refractivity contribution is 6.39. The van der Waals surface area contributed by atoms with Gasteiger partial charge in [0.2, 0.25) is 0 Å². The zero-order chi connectivity index (χ0) is 23.2. The van der Waals surface area contributed by atoms with E-state index in [1.165, 1.54) is 28.3 Å². The highest BCUT2D eigenvalue weighted by Crippen LogP contribution is 2.36. The lowest BCUT2D eigenvalue weighted by molar-refractivity contribution is -0.138. The van der Waals surface area contributed by atoms with Crippen molar-refractivity contribution in [3.05, 3.63) is 80.3 Å². The lowest BCUT2D eigenvalue weighted by Gasteiger charge is -2.14. The van der Waals surface area contributed by atoms with Crippen LogP contribution >= 0.6 is 23.2 Å². The van der Waals surface area contributed by atoms with Gasteiger partial charge in [-0.15, -0.1) is 0 Å². The Morgan fingerprint density at radius 1 is 1.09 bits per heavy atom. The van der Waals surface area contributed by atoms with Crippen LogP contribution in [-0.2, 0) is 19.8 Å². The number of imidazole rings is 1. The lowest BCUT2D eigenvalue weighted by Crippen LogP contribution is -2.21. The van der Waals surface area contributed by atoms with E-state index >= 15 is 0 Å². The normalized spacial score (nSPS) is 11.8. The van der Waals surface area contributed by atoms with Crippen molar-refractivity contribution in [1.29, 1.82) is 0 Å². The van der Waals surface area contributed by atoms with Gasteiger partial charge in [0.15, 0.2) is 16.5 Å². The maximum Gasteiger partial charge on any atom is 0.416 e. The average molecular weight is 483 g/mol. The van der Waals surface area contributed by atoms with Crippen molar-refractivity contribution in [3.63, 3.8) is 0 Å². The number of nitrogens with zero attached hydrogens (tertiary/aromatic N) is 3. The summed E-state index contributed by atoms with van der Waals surface area (Å²) in [7, 11) is 1.48. The Hall–Kier alpha value is -3.17. The monoisotopic (exact) mass is 482 g/mol. The molecule has 0 fully saturated rings. The Kier molecular flexibility index (Phi) is 5.56. The second-order valence-corrected chi connectivity index (χ2v) is 7.71. The second kappa shape index (κ2) is 8.07. The molecule has 4 aromatic rings. The minimum Gasteiger partial charge on any atom is -0.504 e. The number of aromatic hydroxyl groups is 1. The Bertz CT molecular complexity index is 1380. The first kappa shape index (κ1) is 22.0. The van der Waals surface area contributed by atoms with Gasteiger partial charge in [0.05, 0.1) is 11.3 Å². The number of aromatic nitrogens is 3. The van der Waals surface area contributed by atoms with E-state index in [1.54, 1.807) is 30.3 Å². The second-order valence-electron chi connectivity index (χ2n) is 6.97. The third-order valence-electron chi connectivity index (χ3n) is 4.98. The number of benzene rings is 2. The van der Waals surface area contributed by atoms with Crippen molar-refractivity contribution >= 4 is 40.1 Å². The Morgan fingerprint density at radius 2 is 1.75 bits per heavy atom. The van der Waals surface area contributed by atoms with E-state index in [-0.39, 0.29) is 33.4 Å². The van der Waals surface area contributed by atoms with E-state index in [1.807, 2.05) is 0 Å². The fraction of sp³-hybridized carbons (Fsp3) is 0.143. The molecule has 2 heterocycles. The Morgan fingerprint density at radius 3 is 2.41 bits per heavy atom. The smallest absolute Gasteiger partial charge is 0.416 e. The molecule has 0 aliphatic carbocycles. The molecule has 0 saturated carbocycles. The number of halogens is 5. The zero-order valence-electron chi connectivity index (χ0n) is 16.4. The van der Waals surface area contributed by atoms with Gasteiger partial charge in [-0.2, -0.15) is 13.2 Å². The molecule has 2 aromatic heterocycles. The van der Waals surface area contributed by atoms with Crippen LogP contribution in [0.1, 0.15) is 11.1 Å². The van der Waals surface area contributed by atoms with Gasteiger partial charge in [0, 0.05) is 19.3 Å². The summed E-state index contributed by atoms with van der Waals surface area (Å²) in [6.45, 7) is -0.0324. The lowest BCUT2D eigenvalue weighted by atomic mass is 10.1. The molecule has 0 amide bonds. The first-order valence-electron chi connectivity index (χ1n) is 9.24. The summed E-state index contributed by atoms with van der Waals surface area (Å²) in [6, 6.07) is 11.8. The van der Waals surface area contributed by atoms with E-state index in [9.17, 15) is 23.1 Å². The quantitative estimate of drug-likeness (QED) is 0.383. The molecular weight excluding hydrogens is 468 g/mol. The highest BCUT2D eigenvalue weighted by Gasteiger charge is 2.32. The third kappa shape index (κ3) is 3.78. The van der Waals surface area contributed by atoms with E-state index in [4.69, 9.17) is 23.2 Å². The van der Waals surface area contributed by atoms with Gasteiger partial charge in [-0.1, -0.05) is 41.4 Å². The number of hydrogen-bond acceptors (Lipinski definition) is 4. The van der Waals surface area contributed by atoms with Crippen molar-refractivity contribution in [3.8, 4) is 11.4 Å².